The van der Waals surface area contributed by atoms with Gasteiger partial charge in [-0.05, 0) is 41.5 Å². The zero-order valence-corrected chi connectivity index (χ0v) is 19.9. The predicted octanol–water partition coefficient (Wildman–Crippen LogP) is 5.72. The Hall–Kier alpha value is -4.23. The standard InChI is InChI=1S/C28H23N5OS/c1-20(23-17-16-21-10-8-9-13-24(21)18-23)29-30-26(34)19-35-28-32-31-27(22-11-4-2-5-12-22)33(28)25-14-6-3-7-15-25/h2-18H,19H2,1H3,(H,30,34)/b29-20+. The topological polar surface area (TPSA) is 72.2 Å². The van der Waals surface area contributed by atoms with E-state index < -0.39 is 0 Å². The number of rotatable bonds is 7. The molecule has 0 aliphatic carbocycles. The van der Waals surface area contributed by atoms with Gasteiger partial charge in [0.25, 0.3) is 5.91 Å². The van der Waals surface area contributed by atoms with Crippen molar-refractivity contribution in [3.8, 4) is 17.1 Å². The molecule has 5 rings (SSSR count). The number of hydrogen-bond acceptors (Lipinski definition) is 5. The summed E-state index contributed by atoms with van der Waals surface area (Å²) in [6, 6.07) is 34.1. The Morgan fingerprint density at radius 2 is 1.54 bits per heavy atom. The van der Waals surface area contributed by atoms with Gasteiger partial charge in [0.2, 0.25) is 0 Å². The smallest absolute Gasteiger partial charge is 0.250 e. The van der Waals surface area contributed by atoms with Crippen molar-refractivity contribution in [2.45, 2.75) is 12.1 Å². The molecule has 4 aromatic carbocycles. The highest BCUT2D eigenvalue weighted by Gasteiger charge is 2.17. The fourth-order valence-electron chi connectivity index (χ4n) is 3.73. The van der Waals surface area contributed by atoms with E-state index in [1.165, 1.54) is 17.1 Å². The van der Waals surface area contributed by atoms with Crippen LogP contribution in [0.25, 0.3) is 27.8 Å². The molecule has 1 N–H and O–H groups in total. The molecule has 0 bridgehead atoms. The Balaban J connectivity index is 1.31. The first kappa shape index (κ1) is 22.6. The molecular formula is C28H23N5OS. The Morgan fingerprint density at radius 3 is 2.31 bits per heavy atom. The summed E-state index contributed by atoms with van der Waals surface area (Å²) in [5, 5.41) is 16.0. The van der Waals surface area contributed by atoms with Gasteiger partial charge in [-0.3, -0.25) is 9.36 Å². The molecule has 0 saturated heterocycles. The Morgan fingerprint density at radius 1 is 0.857 bits per heavy atom. The third-order valence-electron chi connectivity index (χ3n) is 5.53. The highest BCUT2D eigenvalue weighted by molar-refractivity contribution is 7.99. The summed E-state index contributed by atoms with van der Waals surface area (Å²) in [6.07, 6.45) is 0. The molecule has 0 atom stereocenters. The summed E-state index contributed by atoms with van der Waals surface area (Å²) in [4.78, 5) is 12.6. The van der Waals surface area contributed by atoms with Crippen LogP contribution in [0.4, 0.5) is 0 Å². The third kappa shape index (κ3) is 5.15. The highest BCUT2D eigenvalue weighted by Crippen LogP contribution is 2.27. The fraction of sp³-hybridized carbons (Fsp3) is 0.0714. The monoisotopic (exact) mass is 477 g/mol. The van der Waals surface area contributed by atoms with Crippen molar-refractivity contribution in [1.29, 1.82) is 0 Å². The lowest BCUT2D eigenvalue weighted by atomic mass is 10.0. The van der Waals surface area contributed by atoms with E-state index in [9.17, 15) is 4.79 Å². The van der Waals surface area contributed by atoms with E-state index in [4.69, 9.17) is 0 Å². The summed E-state index contributed by atoms with van der Waals surface area (Å²) in [7, 11) is 0. The number of benzene rings is 4. The van der Waals surface area contributed by atoms with Crippen LogP contribution in [-0.4, -0.2) is 32.1 Å². The van der Waals surface area contributed by atoms with Gasteiger partial charge in [-0.15, -0.1) is 10.2 Å². The number of aromatic nitrogens is 3. The largest absolute Gasteiger partial charge is 0.272 e. The molecule has 0 aliphatic heterocycles. The molecule has 0 fully saturated rings. The number of hydrazone groups is 1. The average Bonchev–Trinajstić information content (AvgIpc) is 3.35. The second kappa shape index (κ2) is 10.4. The van der Waals surface area contributed by atoms with Crippen molar-refractivity contribution in [2.75, 3.05) is 5.75 Å². The van der Waals surface area contributed by atoms with Gasteiger partial charge in [0.1, 0.15) is 0 Å². The summed E-state index contributed by atoms with van der Waals surface area (Å²) in [6.45, 7) is 1.88. The summed E-state index contributed by atoms with van der Waals surface area (Å²) < 4.78 is 1.97. The summed E-state index contributed by atoms with van der Waals surface area (Å²) >= 11 is 1.32. The minimum atomic E-state index is -0.209. The van der Waals surface area contributed by atoms with Gasteiger partial charge < -0.3 is 0 Å². The third-order valence-corrected chi connectivity index (χ3v) is 6.46. The first-order chi connectivity index (χ1) is 17.2. The zero-order chi connectivity index (χ0) is 24.0. The lowest BCUT2D eigenvalue weighted by molar-refractivity contribution is -0.118. The zero-order valence-electron chi connectivity index (χ0n) is 19.1. The SMILES string of the molecule is C/C(=N\NC(=O)CSc1nnc(-c2ccccc2)n1-c1ccccc1)c1ccc2ccccc2c1. The molecule has 1 aromatic heterocycles. The van der Waals surface area contributed by atoms with Crippen molar-refractivity contribution in [2.24, 2.45) is 5.10 Å². The molecule has 0 radical (unpaired) electrons. The van der Waals surface area contributed by atoms with Crippen LogP contribution in [0.1, 0.15) is 12.5 Å². The van der Waals surface area contributed by atoms with Gasteiger partial charge in [0.15, 0.2) is 11.0 Å². The average molecular weight is 478 g/mol. The Kier molecular flexibility index (Phi) is 6.68. The maximum absolute atomic E-state index is 12.6. The van der Waals surface area contributed by atoms with E-state index in [1.54, 1.807) is 0 Å². The first-order valence-corrected chi connectivity index (χ1v) is 12.2. The van der Waals surface area contributed by atoms with Crippen molar-refractivity contribution >= 4 is 34.2 Å². The molecule has 5 aromatic rings. The van der Waals surface area contributed by atoms with Gasteiger partial charge in [0.05, 0.1) is 11.5 Å². The molecule has 1 amide bonds. The van der Waals surface area contributed by atoms with Gasteiger partial charge in [0, 0.05) is 11.3 Å². The molecule has 0 aliphatic rings. The van der Waals surface area contributed by atoms with Crippen molar-refractivity contribution in [3.05, 3.63) is 109 Å². The number of amides is 1. The molecule has 172 valence electrons. The number of nitrogens with one attached hydrogen (secondary N) is 1. The minimum absolute atomic E-state index is 0.161. The van der Waals surface area contributed by atoms with Crippen LogP contribution >= 0.6 is 11.8 Å². The van der Waals surface area contributed by atoms with E-state index >= 15 is 0 Å². The first-order valence-electron chi connectivity index (χ1n) is 11.2. The lowest BCUT2D eigenvalue weighted by Gasteiger charge is -2.10. The molecule has 1 heterocycles. The van der Waals surface area contributed by atoms with Crippen LogP contribution in [0.5, 0.6) is 0 Å². The van der Waals surface area contributed by atoms with Crippen LogP contribution in [0.2, 0.25) is 0 Å². The van der Waals surface area contributed by atoms with Gasteiger partial charge >= 0.3 is 0 Å². The van der Waals surface area contributed by atoms with Gasteiger partial charge in [-0.1, -0.05) is 96.7 Å². The maximum Gasteiger partial charge on any atom is 0.250 e. The quantitative estimate of drug-likeness (QED) is 0.185. The number of hydrogen-bond donors (Lipinski definition) is 1. The van der Waals surface area contributed by atoms with Gasteiger partial charge in [-0.2, -0.15) is 5.10 Å². The van der Waals surface area contributed by atoms with Crippen LogP contribution in [0, 0.1) is 0 Å². The molecule has 0 spiro atoms. The normalized spacial score (nSPS) is 11.5. The van der Waals surface area contributed by atoms with Crippen LogP contribution in [0.15, 0.2) is 113 Å². The number of fused-ring (bicyclic) bond motifs is 1. The lowest BCUT2D eigenvalue weighted by Crippen LogP contribution is -2.21. The van der Waals surface area contributed by atoms with E-state index in [1.807, 2.05) is 90.4 Å². The number of nitrogens with zero attached hydrogens (tertiary/aromatic N) is 4. The molecule has 0 unspecified atom stereocenters. The Labute approximate surface area is 207 Å². The van der Waals surface area contributed by atoms with Crippen LogP contribution < -0.4 is 5.43 Å². The van der Waals surface area contributed by atoms with Crippen molar-refractivity contribution < 1.29 is 4.79 Å². The number of carbonyl (C=O) groups is 1. The Bertz CT molecular complexity index is 1500. The van der Waals surface area contributed by atoms with Crippen LogP contribution in [0.3, 0.4) is 0 Å². The highest BCUT2D eigenvalue weighted by atomic mass is 32.2. The summed E-state index contributed by atoms with van der Waals surface area (Å²) in [5.41, 5.74) is 6.27. The van der Waals surface area contributed by atoms with Gasteiger partial charge in [-0.25, -0.2) is 5.43 Å². The number of para-hydroxylation sites is 1. The number of carbonyl (C=O) groups excluding carboxylic acids is 1. The van der Waals surface area contributed by atoms with E-state index in [0.29, 0.717) is 5.16 Å². The minimum Gasteiger partial charge on any atom is -0.272 e. The van der Waals surface area contributed by atoms with E-state index in [2.05, 4.69) is 45.0 Å². The number of thioether (sulfide) groups is 1. The summed E-state index contributed by atoms with van der Waals surface area (Å²) in [5.74, 6) is 0.678. The predicted molar refractivity (Wildman–Crippen MR) is 142 cm³/mol. The molecular weight excluding hydrogens is 454 g/mol. The molecule has 6 nitrogen and oxygen atoms in total. The maximum atomic E-state index is 12.6. The van der Waals surface area contributed by atoms with E-state index in [0.717, 1.165) is 33.7 Å². The molecule has 0 saturated carbocycles. The van der Waals surface area contributed by atoms with Crippen molar-refractivity contribution in [3.63, 3.8) is 0 Å². The second-order valence-electron chi connectivity index (χ2n) is 7.93. The molecule has 35 heavy (non-hydrogen) atoms. The van der Waals surface area contributed by atoms with E-state index in [-0.39, 0.29) is 11.7 Å². The molecule has 7 heteroatoms. The van der Waals surface area contributed by atoms with Crippen LogP contribution in [-0.2, 0) is 4.79 Å². The second-order valence-corrected chi connectivity index (χ2v) is 8.87. The van der Waals surface area contributed by atoms with Crippen molar-refractivity contribution in [1.82, 2.24) is 20.2 Å². The fourth-order valence-corrected chi connectivity index (χ4v) is 4.48.